The van der Waals surface area contributed by atoms with Crippen molar-refractivity contribution in [3.63, 3.8) is 0 Å². The lowest BCUT2D eigenvalue weighted by atomic mass is 9.95. The van der Waals surface area contributed by atoms with E-state index in [0.717, 1.165) is 44.8 Å². The minimum atomic E-state index is 0.0738. The first kappa shape index (κ1) is 11.4. The SMILES string of the molecule is ClC(c1ccc2c(c1)CCCO2)C1CCOC1. The number of ether oxygens (including phenoxy) is 2. The van der Waals surface area contributed by atoms with Gasteiger partial charge >= 0.3 is 0 Å². The summed E-state index contributed by atoms with van der Waals surface area (Å²) in [5, 5.41) is 0.0738. The summed E-state index contributed by atoms with van der Waals surface area (Å²) in [5.74, 6) is 1.49. The van der Waals surface area contributed by atoms with Crippen LogP contribution in [0.5, 0.6) is 5.75 Å². The van der Waals surface area contributed by atoms with Gasteiger partial charge in [0.25, 0.3) is 0 Å². The molecular formula is C14H17ClO2. The lowest BCUT2D eigenvalue weighted by molar-refractivity contribution is 0.185. The Hall–Kier alpha value is -0.730. The van der Waals surface area contributed by atoms with E-state index in [1.54, 1.807) is 0 Å². The number of alkyl halides is 1. The standard InChI is InChI=1S/C14H17ClO2/c15-14(12-5-7-16-9-12)11-3-4-13-10(8-11)2-1-6-17-13/h3-4,8,12,14H,1-2,5-7,9H2. The lowest BCUT2D eigenvalue weighted by Crippen LogP contribution is -2.11. The van der Waals surface area contributed by atoms with Gasteiger partial charge < -0.3 is 9.47 Å². The quantitative estimate of drug-likeness (QED) is 0.752. The van der Waals surface area contributed by atoms with Crippen LogP contribution in [0, 0.1) is 5.92 Å². The third kappa shape index (κ3) is 2.29. The summed E-state index contributed by atoms with van der Waals surface area (Å²) in [6, 6.07) is 6.37. The first-order valence-electron chi connectivity index (χ1n) is 6.32. The Morgan fingerprint density at radius 1 is 1.29 bits per heavy atom. The van der Waals surface area contributed by atoms with Crippen LogP contribution in [0.25, 0.3) is 0 Å². The highest BCUT2D eigenvalue weighted by molar-refractivity contribution is 6.21. The fourth-order valence-electron chi connectivity index (χ4n) is 2.61. The zero-order valence-electron chi connectivity index (χ0n) is 9.82. The molecule has 1 aromatic rings. The van der Waals surface area contributed by atoms with Gasteiger partial charge in [0.1, 0.15) is 5.75 Å². The molecule has 0 aliphatic carbocycles. The molecule has 2 atom stereocenters. The second kappa shape index (κ2) is 4.87. The highest BCUT2D eigenvalue weighted by atomic mass is 35.5. The predicted octanol–water partition coefficient (Wildman–Crippen LogP) is 3.33. The van der Waals surface area contributed by atoms with E-state index in [-0.39, 0.29) is 5.38 Å². The molecule has 0 amide bonds. The van der Waals surface area contributed by atoms with E-state index in [2.05, 4.69) is 18.2 Å². The van der Waals surface area contributed by atoms with Crippen LogP contribution in [0.3, 0.4) is 0 Å². The van der Waals surface area contributed by atoms with Gasteiger partial charge in [0, 0.05) is 12.5 Å². The van der Waals surface area contributed by atoms with Crippen molar-refractivity contribution in [2.24, 2.45) is 5.92 Å². The molecule has 17 heavy (non-hydrogen) atoms. The van der Waals surface area contributed by atoms with Crippen LogP contribution in [-0.2, 0) is 11.2 Å². The number of fused-ring (bicyclic) bond motifs is 1. The van der Waals surface area contributed by atoms with Crippen molar-refractivity contribution < 1.29 is 9.47 Å². The van der Waals surface area contributed by atoms with Crippen LogP contribution in [0.4, 0.5) is 0 Å². The van der Waals surface area contributed by atoms with Gasteiger partial charge in [0.05, 0.1) is 18.6 Å². The maximum atomic E-state index is 6.53. The monoisotopic (exact) mass is 252 g/mol. The van der Waals surface area contributed by atoms with Crippen molar-refractivity contribution in [3.05, 3.63) is 29.3 Å². The highest BCUT2D eigenvalue weighted by Crippen LogP contribution is 2.37. The number of hydrogen-bond donors (Lipinski definition) is 0. The molecule has 0 aromatic heterocycles. The fraction of sp³-hybridized carbons (Fsp3) is 0.571. The maximum Gasteiger partial charge on any atom is 0.122 e. The maximum absolute atomic E-state index is 6.53. The number of benzene rings is 1. The highest BCUT2D eigenvalue weighted by Gasteiger charge is 2.26. The number of halogens is 1. The average Bonchev–Trinajstić information content (AvgIpc) is 2.91. The van der Waals surface area contributed by atoms with Gasteiger partial charge in [-0.2, -0.15) is 0 Å². The smallest absolute Gasteiger partial charge is 0.122 e. The van der Waals surface area contributed by atoms with Crippen LogP contribution >= 0.6 is 11.6 Å². The summed E-state index contributed by atoms with van der Waals surface area (Å²) >= 11 is 6.53. The van der Waals surface area contributed by atoms with Crippen LogP contribution in [0.2, 0.25) is 0 Å². The molecule has 2 unspecified atom stereocenters. The van der Waals surface area contributed by atoms with Crippen molar-refractivity contribution in [2.45, 2.75) is 24.6 Å². The second-order valence-electron chi connectivity index (χ2n) is 4.84. The molecule has 1 aromatic carbocycles. The molecule has 1 fully saturated rings. The number of aryl methyl sites for hydroxylation is 1. The normalized spacial score (nSPS) is 25.1. The van der Waals surface area contributed by atoms with Gasteiger partial charge in [0.2, 0.25) is 0 Å². The largest absolute Gasteiger partial charge is 0.493 e. The van der Waals surface area contributed by atoms with Crippen molar-refractivity contribution in [3.8, 4) is 5.75 Å². The van der Waals surface area contributed by atoms with Gasteiger partial charge in [-0.3, -0.25) is 0 Å². The van der Waals surface area contributed by atoms with Crippen molar-refractivity contribution in [1.82, 2.24) is 0 Å². The minimum absolute atomic E-state index is 0.0738. The summed E-state index contributed by atoms with van der Waals surface area (Å²) in [6.45, 7) is 2.48. The average molecular weight is 253 g/mol. The third-order valence-corrected chi connectivity index (χ3v) is 4.24. The lowest BCUT2D eigenvalue weighted by Gasteiger charge is -2.21. The van der Waals surface area contributed by atoms with Gasteiger partial charge in [-0.05, 0) is 36.5 Å². The van der Waals surface area contributed by atoms with Crippen LogP contribution < -0.4 is 4.74 Å². The van der Waals surface area contributed by atoms with Crippen LogP contribution in [-0.4, -0.2) is 19.8 Å². The van der Waals surface area contributed by atoms with E-state index < -0.39 is 0 Å². The van der Waals surface area contributed by atoms with Gasteiger partial charge in [0.15, 0.2) is 0 Å². The number of hydrogen-bond acceptors (Lipinski definition) is 2. The molecule has 2 nitrogen and oxygen atoms in total. The van der Waals surface area contributed by atoms with Gasteiger partial charge in [-0.25, -0.2) is 0 Å². The Balaban J connectivity index is 1.82. The summed E-state index contributed by atoms with van der Waals surface area (Å²) < 4.78 is 11.0. The zero-order chi connectivity index (χ0) is 11.7. The molecule has 0 saturated carbocycles. The van der Waals surface area contributed by atoms with Crippen LogP contribution in [0.1, 0.15) is 29.3 Å². The van der Waals surface area contributed by atoms with Crippen LogP contribution in [0.15, 0.2) is 18.2 Å². The molecule has 0 N–H and O–H groups in total. The topological polar surface area (TPSA) is 18.5 Å². The predicted molar refractivity (Wildman–Crippen MR) is 67.8 cm³/mol. The fourth-order valence-corrected chi connectivity index (χ4v) is 2.94. The first-order valence-corrected chi connectivity index (χ1v) is 6.75. The van der Waals surface area contributed by atoms with Gasteiger partial charge in [-0.1, -0.05) is 12.1 Å². The Morgan fingerprint density at radius 3 is 3.06 bits per heavy atom. The van der Waals surface area contributed by atoms with E-state index in [9.17, 15) is 0 Å². The van der Waals surface area contributed by atoms with E-state index in [1.165, 1.54) is 11.1 Å². The zero-order valence-corrected chi connectivity index (χ0v) is 10.6. The second-order valence-corrected chi connectivity index (χ2v) is 5.31. The van der Waals surface area contributed by atoms with E-state index in [1.807, 2.05) is 0 Å². The van der Waals surface area contributed by atoms with E-state index in [0.29, 0.717) is 5.92 Å². The molecule has 2 heterocycles. The molecule has 3 heteroatoms. The van der Waals surface area contributed by atoms with Gasteiger partial charge in [-0.15, -0.1) is 11.6 Å². The van der Waals surface area contributed by atoms with E-state index in [4.69, 9.17) is 21.1 Å². The summed E-state index contributed by atoms with van der Waals surface area (Å²) in [4.78, 5) is 0. The van der Waals surface area contributed by atoms with Crippen molar-refractivity contribution >= 4 is 11.6 Å². The Labute approximate surface area is 107 Å². The Kier molecular flexibility index (Phi) is 3.26. The Bertz CT molecular complexity index is 399. The van der Waals surface area contributed by atoms with Crippen molar-refractivity contribution in [1.29, 1.82) is 0 Å². The molecule has 0 bridgehead atoms. The molecule has 92 valence electrons. The summed E-state index contributed by atoms with van der Waals surface area (Å²) in [7, 11) is 0. The summed E-state index contributed by atoms with van der Waals surface area (Å²) in [5.41, 5.74) is 2.52. The number of rotatable bonds is 2. The first-order chi connectivity index (χ1) is 8.34. The summed E-state index contributed by atoms with van der Waals surface area (Å²) in [6.07, 6.45) is 3.28. The third-order valence-electron chi connectivity index (χ3n) is 3.63. The molecular weight excluding hydrogens is 236 g/mol. The molecule has 2 aliphatic heterocycles. The molecule has 3 rings (SSSR count). The molecule has 1 saturated heterocycles. The Morgan fingerprint density at radius 2 is 2.24 bits per heavy atom. The van der Waals surface area contributed by atoms with E-state index >= 15 is 0 Å². The van der Waals surface area contributed by atoms with Crippen molar-refractivity contribution in [2.75, 3.05) is 19.8 Å². The molecule has 0 radical (unpaired) electrons. The minimum Gasteiger partial charge on any atom is -0.493 e. The molecule has 0 spiro atoms. The molecule has 2 aliphatic rings.